The average Bonchev–Trinajstić information content (AvgIpc) is 2.39. The predicted molar refractivity (Wildman–Crippen MR) is 72.4 cm³/mol. The first kappa shape index (κ1) is 14.0. The van der Waals surface area contributed by atoms with E-state index < -0.39 is 5.54 Å². The largest absolute Gasteiger partial charge is 0.375 e. The van der Waals surface area contributed by atoms with E-state index in [0.29, 0.717) is 0 Å². The van der Waals surface area contributed by atoms with Crippen molar-refractivity contribution in [3.8, 4) is 0 Å². The summed E-state index contributed by atoms with van der Waals surface area (Å²) in [7, 11) is 0. The van der Waals surface area contributed by atoms with E-state index >= 15 is 0 Å². The highest BCUT2D eigenvalue weighted by Crippen LogP contribution is 2.41. The summed E-state index contributed by atoms with van der Waals surface area (Å²) in [6.07, 6.45) is 8.53. The first-order valence-corrected chi connectivity index (χ1v) is 7.46. The Hall–Kier alpha value is -0.410. The monoisotopic (exact) mass is 253 g/mol. The number of ketones is 1. The predicted octanol–water partition coefficient (Wildman–Crippen LogP) is 2.81. The van der Waals surface area contributed by atoms with E-state index in [0.717, 1.165) is 38.7 Å². The van der Waals surface area contributed by atoms with Gasteiger partial charge in [-0.25, -0.2) is 0 Å². The second kappa shape index (κ2) is 5.30. The molecular weight excluding hydrogens is 226 g/mol. The molecule has 1 aliphatic carbocycles. The summed E-state index contributed by atoms with van der Waals surface area (Å²) in [4.78, 5) is 12.5. The maximum absolute atomic E-state index is 12.5. The van der Waals surface area contributed by atoms with Crippen LogP contribution in [0.4, 0.5) is 0 Å². The van der Waals surface area contributed by atoms with Crippen LogP contribution in [0.5, 0.6) is 0 Å². The van der Waals surface area contributed by atoms with Gasteiger partial charge in [0.05, 0.1) is 11.1 Å². The van der Waals surface area contributed by atoms with Gasteiger partial charge in [0.1, 0.15) is 0 Å². The molecule has 1 aliphatic heterocycles. The fraction of sp³-hybridized carbons (Fsp3) is 0.933. The fourth-order valence-corrected chi connectivity index (χ4v) is 3.44. The van der Waals surface area contributed by atoms with Gasteiger partial charge in [-0.05, 0) is 39.0 Å². The lowest BCUT2D eigenvalue weighted by atomic mass is 9.72. The van der Waals surface area contributed by atoms with Crippen molar-refractivity contribution in [1.82, 2.24) is 0 Å². The van der Waals surface area contributed by atoms with Gasteiger partial charge in [0.2, 0.25) is 0 Å². The third-order valence-electron chi connectivity index (χ3n) is 4.93. The fourth-order valence-electron chi connectivity index (χ4n) is 3.44. The molecule has 0 aromatic carbocycles. The molecule has 1 spiro atoms. The molecule has 2 N–H and O–H groups in total. The van der Waals surface area contributed by atoms with Crippen molar-refractivity contribution in [2.45, 2.75) is 76.4 Å². The van der Waals surface area contributed by atoms with Crippen LogP contribution in [0.3, 0.4) is 0 Å². The van der Waals surface area contributed by atoms with Gasteiger partial charge in [0.25, 0.3) is 0 Å². The number of ether oxygens (including phenoxy) is 1. The number of carbonyl (C=O) groups excluding carboxylic acids is 1. The number of rotatable bonds is 3. The van der Waals surface area contributed by atoms with E-state index in [1.54, 1.807) is 0 Å². The first-order valence-electron chi connectivity index (χ1n) is 7.46. The molecule has 104 valence electrons. The molecule has 3 heteroatoms. The van der Waals surface area contributed by atoms with Gasteiger partial charge in [-0.2, -0.15) is 0 Å². The van der Waals surface area contributed by atoms with Gasteiger partial charge in [0, 0.05) is 12.5 Å². The molecule has 0 radical (unpaired) electrons. The van der Waals surface area contributed by atoms with Crippen molar-refractivity contribution in [3.05, 3.63) is 0 Å². The Morgan fingerprint density at radius 1 is 1.39 bits per heavy atom. The van der Waals surface area contributed by atoms with Gasteiger partial charge in [-0.3, -0.25) is 4.79 Å². The molecule has 2 atom stereocenters. The van der Waals surface area contributed by atoms with Crippen molar-refractivity contribution in [1.29, 1.82) is 0 Å². The summed E-state index contributed by atoms with van der Waals surface area (Å²) in [6.45, 7) is 4.60. The number of carbonyl (C=O) groups is 1. The van der Waals surface area contributed by atoms with Crippen LogP contribution in [0.1, 0.15) is 65.2 Å². The van der Waals surface area contributed by atoms with Crippen LogP contribution in [0, 0.1) is 5.92 Å². The van der Waals surface area contributed by atoms with Crippen LogP contribution in [-0.4, -0.2) is 23.5 Å². The molecule has 0 amide bonds. The molecule has 0 aromatic heterocycles. The molecule has 0 bridgehead atoms. The topological polar surface area (TPSA) is 52.3 Å². The van der Waals surface area contributed by atoms with Crippen LogP contribution >= 0.6 is 0 Å². The lowest BCUT2D eigenvalue weighted by Gasteiger charge is -2.44. The Morgan fingerprint density at radius 3 is 2.67 bits per heavy atom. The average molecular weight is 253 g/mol. The molecule has 3 nitrogen and oxygen atoms in total. The maximum atomic E-state index is 12.5. The van der Waals surface area contributed by atoms with E-state index in [4.69, 9.17) is 10.5 Å². The highest BCUT2D eigenvalue weighted by atomic mass is 16.5. The Bertz CT molecular complexity index is 300. The molecule has 18 heavy (non-hydrogen) atoms. The number of Topliss-reactive ketones (excluding diaryl/α,β-unsaturated/α-hetero) is 1. The number of hydrogen-bond donors (Lipinski definition) is 1. The van der Waals surface area contributed by atoms with Crippen molar-refractivity contribution < 1.29 is 9.53 Å². The summed E-state index contributed by atoms with van der Waals surface area (Å²) in [5.74, 6) is 0.366. The molecule has 2 fully saturated rings. The summed E-state index contributed by atoms with van der Waals surface area (Å²) in [5.41, 5.74) is 5.46. The molecule has 2 rings (SSSR count). The highest BCUT2D eigenvalue weighted by Gasteiger charge is 2.43. The second-order valence-electron chi connectivity index (χ2n) is 6.42. The minimum absolute atomic E-state index is 0.000643. The Morgan fingerprint density at radius 2 is 2.06 bits per heavy atom. The quantitative estimate of drug-likeness (QED) is 0.841. The zero-order chi connectivity index (χ0) is 13.2. The normalized spacial score (nSPS) is 30.9. The molecular formula is C15H27NO2. The van der Waals surface area contributed by atoms with Crippen LogP contribution in [0.15, 0.2) is 0 Å². The maximum Gasteiger partial charge on any atom is 0.155 e. The van der Waals surface area contributed by atoms with Crippen molar-refractivity contribution in [2.24, 2.45) is 11.7 Å². The summed E-state index contributed by atoms with van der Waals surface area (Å²) in [5, 5.41) is 0. The van der Waals surface area contributed by atoms with E-state index in [9.17, 15) is 4.79 Å². The molecule has 1 heterocycles. The van der Waals surface area contributed by atoms with Crippen LogP contribution in [0.2, 0.25) is 0 Å². The first-order chi connectivity index (χ1) is 8.49. The van der Waals surface area contributed by atoms with Crippen molar-refractivity contribution in [2.75, 3.05) is 6.61 Å². The van der Waals surface area contributed by atoms with E-state index in [1.165, 1.54) is 19.3 Å². The summed E-state index contributed by atoms with van der Waals surface area (Å²) in [6, 6.07) is 0. The number of hydrogen-bond acceptors (Lipinski definition) is 3. The summed E-state index contributed by atoms with van der Waals surface area (Å²) < 4.78 is 6.04. The van der Waals surface area contributed by atoms with Crippen LogP contribution in [0.25, 0.3) is 0 Å². The lowest BCUT2D eigenvalue weighted by molar-refractivity contribution is -0.146. The van der Waals surface area contributed by atoms with Crippen LogP contribution in [-0.2, 0) is 9.53 Å². The molecule has 1 saturated carbocycles. The SMILES string of the molecule is CCC(C)(N)C(=O)C1CCOC2(CCCCC2)C1. The Balaban J connectivity index is 2.04. The highest BCUT2D eigenvalue weighted by molar-refractivity contribution is 5.89. The van der Waals surface area contributed by atoms with E-state index in [-0.39, 0.29) is 17.3 Å². The minimum atomic E-state index is -0.655. The second-order valence-corrected chi connectivity index (χ2v) is 6.42. The molecule has 0 aromatic rings. The zero-order valence-corrected chi connectivity index (χ0v) is 11.8. The Labute approximate surface area is 110 Å². The number of nitrogens with two attached hydrogens (primary N) is 1. The van der Waals surface area contributed by atoms with E-state index in [2.05, 4.69) is 0 Å². The van der Waals surface area contributed by atoms with Crippen molar-refractivity contribution in [3.63, 3.8) is 0 Å². The Kier molecular flexibility index (Phi) is 4.12. The molecule has 2 aliphatic rings. The summed E-state index contributed by atoms with van der Waals surface area (Å²) >= 11 is 0. The third-order valence-corrected chi connectivity index (χ3v) is 4.93. The standard InChI is InChI=1S/C15H27NO2/c1-3-14(2,16)13(17)12-7-10-18-15(11-12)8-5-4-6-9-15/h12H,3-11,16H2,1-2H3. The van der Waals surface area contributed by atoms with Gasteiger partial charge in [-0.15, -0.1) is 0 Å². The third kappa shape index (κ3) is 2.77. The van der Waals surface area contributed by atoms with Gasteiger partial charge < -0.3 is 10.5 Å². The zero-order valence-electron chi connectivity index (χ0n) is 11.8. The molecule has 1 saturated heterocycles. The van der Waals surface area contributed by atoms with Crippen molar-refractivity contribution >= 4 is 5.78 Å². The van der Waals surface area contributed by atoms with Gasteiger partial charge in [-0.1, -0.05) is 26.2 Å². The molecule has 2 unspecified atom stereocenters. The van der Waals surface area contributed by atoms with Gasteiger partial charge >= 0.3 is 0 Å². The minimum Gasteiger partial charge on any atom is -0.375 e. The van der Waals surface area contributed by atoms with Gasteiger partial charge in [0.15, 0.2) is 5.78 Å². The van der Waals surface area contributed by atoms with Crippen LogP contribution < -0.4 is 5.73 Å². The lowest BCUT2D eigenvalue weighted by Crippen LogP contribution is -2.52. The van der Waals surface area contributed by atoms with E-state index in [1.807, 2.05) is 13.8 Å². The smallest absolute Gasteiger partial charge is 0.155 e.